The van der Waals surface area contributed by atoms with E-state index < -0.39 is 24.4 Å². The van der Waals surface area contributed by atoms with Crippen LogP contribution in [0.15, 0.2) is 121 Å². The monoisotopic (exact) mass is 630 g/mol. The number of fused-ring (bicyclic) bond motifs is 1. The summed E-state index contributed by atoms with van der Waals surface area (Å²) < 4.78 is 17.9. The summed E-state index contributed by atoms with van der Waals surface area (Å²) >= 11 is -0.446. The van der Waals surface area contributed by atoms with Gasteiger partial charge in [0, 0.05) is 0 Å². The summed E-state index contributed by atoms with van der Waals surface area (Å²) in [6, 6.07) is 39.2. The van der Waals surface area contributed by atoms with Crippen molar-refractivity contribution in [2.45, 2.75) is 0 Å². The van der Waals surface area contributed by atoms with E-state index >= 15 is 0 Å². The van der Waals surface area contributed by atoms with E-state index in [2.05, 4.69) is 106 Å². The number of pyridine rings is 1. The summed E-state index contributed by atoms with van der Waals surface area (Å²) in [6.07, 6.45) is 1.69. The van der Waals surface area contributed by atoms with Crippen molar-refractivity contribution in [3.63, 3.8) is 0 Å². The Kier molecular flexibility index (Phi) is 6.49. The summed E-state index contributed by atoms with van der Waals surface area (Å²) in [5.74, 6) is 3.11. The van der Waals surface area contributed by atoms with Crippen LogP contribution in [0.5, 0.6) is 0 Å². The van der Waals surface area contributed by atoms with Gasteiger partial charge in [0.05, 0.1) is 0 Å². The number of rotatable bonds is 4. The molecule has 165 valence electrons. The van der Waals surface area contributed by atoms with Crippen molar-refractivity contribution in [3.05, 3.63) is 133 Å². The molecule has 0 radical (unpaired) electrons. The van der Waals surface area contributed by atoms with Crippen molar-refractivity contribution in [3.8, 4) is 10.1 Å². The third-order valence-electron chi connectivity index (χ3n) is 5.49. The van der Waals surface area contributed by atoms with Gasteiger partial charge in [-0.3, -0.25) is 0 Å². The standard InChI is InChI=1S/C18H15P.C11H5FN.Au/c1-4-10-16(11-5-1)19(17-12-6-2-7-13-17)18-14-8-3-9-15-18;1-2-8-5-6-10(12)9-4-3-7-13-11(8)9;/h1-15H;3-7H;/q;;-1/p+1. The fourth-order valence-electron chi connectivity index (χ4n) is 3.95. The molecule has 0 spiro atoms. The van der Waals surface area contributed by atoms with Crippen molar-refractivity contribution >= 4 is 32.0 Å². The van der Waals surface area contributed by atoms with Gasteiger partial charge >= 0.3 is 203 Å². The van der Waals surface area contributed by atoms with Crippen LogP contribution in [0.4, 0.5) is 4.39 Å². The summed E-state index contributed by atoms with van der Waals surface area (Å²) in [5.41, 5.74) is 1.40. The summed E-state index contributed by atoms with van der Waals surface area (Å²) in [4.78, 5) is 4.41. The van der Waals surface area contributed by atoms with Crippen LogP contribution < -0.4 is 15.9 Å². The van der Waals surface area contributed by atoms with Crippen LogP contribution >= 0.6 is 5.15 Å². The average molecular weight is 630 g/mol. The normalized spacial score (nSPS) is 11.7. The van der Waals surface area contributed by atoms with Gasteiger partial charge in [0.1, 0.15) is 0 Å². The number of halogens is 1. The molecule has 5 rings (SSSR count). The van der Waals surface area contributed by atoms with Crippen molar-refractivity contribution < 1.29 is 23.6 Å². The molecule has 0 fully saturated rings. The first-order valence-corrected chi connectivity index (χ1v) is 16.7. The fraction of sp³-hybridized carbons (Fsp3) is 0. The molecule has 0 amide bonds. The van der Waals surface area contributed by atoms with E-state index in [9.17, 15) is 4.39 Å². The Balaban J connectivity index is 1.69. The van der Waals surface area contributed by atoms with Gasteiger partial charge in [-0.15, -0.1) is 0 Å². The van der Waals surface area contributed by atoms with Crippen LogP contribution in [0.3, 0.4) is 0 Å². The zero-order chi connectivity index (χ0) is 22.5. The molecule has 0 aliphatic carbocycles. The first kappa shape index (κ1) is 21.8. The maximum atomic E-state index is 14.3. The minimum absolute atomic E-state index is 0.265. The number of aromatic nitrogens is 1. The Hall–Kier alpha value is -3.05. The Morgan fingerprint density at radius 3 is 1.73 bits per heavy atom. The Bertz CT molecular complexity index is 1350. The van der Waals surface area contributed by atoms with E-state index in [4.69, 9.17) is 0 Å². The molecule has 0 unspecified atom stereocenters. The Morgan fingerprint density at radius 1 is 0.636 bits per heavy atom. The summed E-state index contributed by atoms with van der Waals surface area (Å²) in [6.45, 7) is 0. The molecule has 0 saturated heterocycles. The number of nitrogens with zero attached hydrogens (tertiary/aromatic N) is 1. The Labute approximate surface area is 202 Å². The topological polar surface area (TPSA) is 12.9 Å². The van der Waals surface area contributed by atoms with Crippen LogP contribution in [0.25, 0.3) is 10.9 Å². The van der Waals surface area contributed by atoms with Crippen molar-refractivity contribution in [2.75, 3.05) is 0 Å². The zero-order valence-electron chi connectivity index (χ0n) is 17.7. The molecule has 0 aliphatic heterocycles. The second-order valence-corrected chi connectivity index (χ2v) is 17.6. The number of benzene rings is 4. The molecular formula is C29H21AuFNP. The van der Waals surface area contributed by atoms with E-state index in [1.165, 1.54) is 22.0 Å². The van der Waals surface area contributed by atoms with Gasteiger partial charge in [-0.25, -0.2) is 0 Å². The number of hydrogen-bond donors (Lipinski definition) is 0. The van der Waals surface area contributed by atoms with Gasteiger partial charge in [-0.1, -0.05) is 0 Å². The predicted octanol–water partition coefficient (Wildman–Crippen LogP) is 5.41. The molecular weight excluding hydrogens is 609 g/mol. The summed E-state index contributed by atoms with van der Waals surface area (Å²) in [7, 11) is 0. The molecule has 1 nitrogen and oxygen atoms in total. The second kappa shape index (κ2) is 9.84. The minimum atomic E-state index is -2.33. The van der Waals surface area contributed by atoms with Gasteiger partial charge in [0.15, 0.2) is 0 Å². The van der Waals surface area contributed by atoms with Crippen molar-refractivity contribution in [1.82, 2.24) is 4.98 Å². The number of hydrogen-bond acceptors (Lipinski definition) is 1. The molecule has 0 atom stereocenters. The van der Waals surface area contributed by atoms with E-state index in [-0.39, 0.29) is 5.82 Å². The van der Waals surface area contributed by atoms with E-state index in [1.807, 2.05) is 0 Å². The van der Waals surface area contributed by atoms with Gasteiger partial charge < -0.3 is 0 Å². The van der Waals surface area contributed by atoms with Crippen molar-refractivity contribution in [2.24, 2.45) is 0 Å². The molecule has 0 N–H and O–H groups in total. The SMILES string of the molecule is Fc1ccc(C#[C][Au][PH](c2ccccc2)(c2ccccc2)c2ccccc2)c2ncccc12. The molecule has 4 aromatic carbocycles. The average Bonchev–Trinajstić information content (AvgIpc) is 2.90. The van der Waals surface area contributed by atoms with Gasteiger partial charge in [-0.2, -0.15) is 0 Å². The molecule has 1 aromatic heterocycles. The van der Waals surface area contributed by atoms with Crippen LogP contribution in [0, 0.1) is 15.9 Å². The van der Waals surface area contributed by atoms with Gasteiger partial charge in [0.25, 0.3) is 0 Å². The molecule has 0 bridgehead atoms. The first-order valence-electron chi connectivity index (χ1n) is 10.6. The van der Waals surface area contributed by atoms with Crippen LogP contribution in [0.2, 0.25) is 0 Å². The van der Waals surface area contributed by atoms with E-state index in [0.29, 0.717) is 10.9 Å². The Morgan fingerprint density at radius 2 is 1.18 bits per heavy atom. The zero-order valence-corrected chi connectivity index (χ0v) is 20.8. The van der Waals surface area contributed by atoms with Crippen molar-refractivity contribution in [1.29, 1.82) is 0 Å². The van der Waals surface area contributed by atoms with Gasteiger partial charge in [-0.05, 0) is 0 Å². The molecule has 33 heavy (non-hydrogen) atoms. The van der Waals surface area contributed by atoms with E-state index in [1.54, 1.807) is 24.4 Å². The van der Waals surface area contributed by atoms with Gasteiger partial charge in [0.2, 0.25) is 0 Å². The molecule has 4 heteroatoms. The molecule has 1 heterocycles. The fourth-order valence-corrected chi connectivity index (χ4v) is 15.2. The quantitative estimate of drug-likeness (QED) is 0.147. The summed E-state index contributed by atoms with van der Waals surface area (Å²) in [5, 5.41) is 2.27. The third-order valence-corrected chi connectivity index (χ3v) is 18.2. The van der Waals surface area contributed by atoms with E-state index in [0.717, 1.165) is 5.56 Å². The molecule has 0 aliphatic rings. The van der Waals surface area contributed by atoms with Crippen LogP contribution in [0.1, 0.15) is 5.56 Å². The maximum absolute atomic E-state index is 14.3. The van der Waals surface area contributed by atoms with Crippen LogP contribution in [-0.4, -0.2) is 4.98 Å². The first-order chi connectivity index (χ1) is 16.3. The van der Waals surface area contributed by atoms with Crippen LogP contribution in [-0.2, 0) is 19.2 Å². The third kappa shape index (κ3) is 4.30. The molecule has 5 aromatic rings. The molecule has 0 saturated carbocycles. The second-order valence-electron chi connectivity index (χ2n) is 7.47. The predicted molar refractivity (Wildman–Crippen MR) is 135 cm³/mol.